The summed E-state index contributed by atoms with van der Waals surface area (Å²) in [7, 11) is 0. The molecule has 0 radical (unpaired) electrons. The van der Waals surface area contributed by atoms with Gasteiger partial charge in [-0.25, -0.2) is 4.39 Å². The summed E-state index contributed by atoms with van der Waals surface area (Å²) in [6.07, 6.45) is 5.30. The monoisotopic (exact) mass is 315 g/mol. The van der Waals surface area contributed by atoms with E-state index in [1.54, 1.807) is 18.3 Å². The van der Waals surface area contributed by atoms with Crippen LogP contribution in [-0.4, -0.2) is 41.5 Å². The van der Waals surface area contributed by atoms with Crippen molar-refractivity contribution in [2.45, 2.75) is 32.2 Å². The molecule has 1 aromatic carbocycles. The van der Waals surface area contributed by atoms with Crippen LogP contribution in [0.25, 0.3) is 10.9 Å². The minimum Gasteiger partial charge on any atom is -0.351 e. The molecule has 2 heterocycles. The third-order valence-electron chi connectivity index (χ3n) is 4.53. The molecule has 0 spiro atoms. The summed E-state index contributed by atoms with van der Waals surface area (Å²) in [4.78, 5) is 18.9. The minimum absolute atomic E-state index is 0.159. The Morgan fingerprint density at radius 2 is 2.26 bits per heavy atom. The second kappa shape index (κ2) is 7.04. The van der Waals surface area contributed by atoms with Crippen LogP contribution in [0.15, 0.2) is 30.5 Å². The number of fused-ring (bicyclic) bond motifs is 1. The molecule has 1 N–H and O–H groups in total. The lowest BCUT2D eigenvalue weighted by Crippen LogP contribution is -2.42. The fourth-order valence-electron chi connectivity index (χ4n) is 3.13. The Kier molecular flexibility index (Phi) is 4.86. The van der Waals surface area contributed by atoms with Crippen molar-refractivity contribution in [2.24, 2.45) is 0 Å². The van der Waals surface area contributed by atoms with Gasteiger partial charge < -0.3 is 5.32 Å². The number of carbonyl (C=O) groups excluding carboxylic acids is 1. The van der Waals surface area contributed by atoms with Crippen LogP contribution in [0.5, 0.6) is 0 Å². The largest absolute Gasteiger partial charge is 0.351 e. The van der Waals surface area contributed by atoms with Gasteiger partial charge in [-0.3, -0.25) is 14.7 Å². The smallest absolute Gasteiger partial charge is 0.252 e. The number of amides is 1. The molecule has 1 aliphatic heterocycles. The molecule has 0 bridgehead atoms. The zero-order valence-electron chi connectivity index (χ0n) is 13.4. The molecule has 1 fully saturated rings. The summed E-state index contributed by atoms with van der Waals surface area (Å²) >= 11 is 0. The van der Waals surface area contributed by atoms with Crippen molar-refractivity contribution in [3.05, 3.63) is 41.8 Å². The van der Waals surface area contributed by atoms with E-state index in [0.29, 0.717) is 29.1 Å². The van der Waals surface area contributed by atoms with Crippen LogP contribution < -0.4 is 5.32 Å². The SMILES string of the molecule is CC1CCCCN1CCNC(=O)c1cnc2ccc(F)cc2c1. The highest BCUT2D eigenvalue weighted by molar-refractivity contribution is 5.97. The molecule has 23 heavy (non-hydrogen) atoms. The van der Waals surface area contributed by atoms with Gasteiger partial charge in [0.2, 0.25) is 0 Å². The second-order valence-electron chi connectivity index (χ2n) is 6.20. The van der Waals surface area contributed by atoms with E-state index >= 15 is 0 Å². The van der Waals surface area contributed by atoms with Crippen LogP contribution in [0, 0.1) is 5.82 Å². The number of aromatic nitrogens is 1. The van der Waals surface area contributed by atoms with Crippen LogP contribution in [0.4, 0.5) is 4.39 Å². The zero-order valence-corrected chi connectivity index (χ0v) is 13.4. The van der Waals surface area contributed by atoms with E-state index in [4.69, 9.17) is 0 Å². The Bertz CT molecular complexity index is 704. The molecular formula is C18H22FN3O. The highest BCUT2D eigenvalue weighted by Gasteiger charge is 2.17. The maximum Gasteiger partial charge on any atom is 0.252 e. The topological polar surface area (TPSA) is 45.2 Å². The van der Waals surface area contributed by atoms with E-state index in [-0.39, 0.29) is 11.7 Å². The molecular weight excluding hydrogens is 293 g/mol. The van der Waals surface area contributed by atoms with E-state index in [9.17, 15) is 9.18 Å². The first-order valence-corrected chi connectivity index (χ1v) is 8.21. The molecule has 1 aliphatic rings. The van der Waals surface area contributed by atoms with Gasteiger partial charge in [0, 0.05) is 30.7 Å². The van der Waals surface area contributed by atoms with E-state index < -0.39 is 0 Å². The lowest BCUT2D eigenvalue weighted by atomic mass is 10.0. The summed E-state index contributed by atoms with van der Waals surface area (Å²) in [6, 6.07) is 6.66. The molecule has 1 amide bonds. The predicted octanol–water partition coefficient (Wildman–Crippen LogP) is 2.98. The number of piperidine rings is 1. The number of rotatable bonds is 4. The van der Waals surface area contributed by atoms with Gasteiger partial charge in [-0.15, -0.1) is 0 Å². The number of nitrogens with one attached hydrogen (secondary N) is 1. The first-order chi connectivity index (χ1) is 11.1. The molecule has 1 atom stereocenters. The number of pyridine rings is 1. The van der Waals surface area contributed by atoms with Crippen molar-refractivity contribution in [1.29, 1.82) is 0 Å². The van der Waals surface area contributed by atoms with E-state index in [2.05, 4.69) is 22.1 Å². The predicted molar refractivity (Wildman–Crippen MR) is 88.9 cm³/mol. The van der Waals surface area contributed by atoms with E-state index in [0.717, 1.165) is 13.1 Å². The van der Waals surface area contributed by atoms with Gasteiger partial charge in [-0.1, -0.05) is 6.42 Å². The average Bonchev–Trinajstić information content (AvgIpc) is 2.55. The van der Waals surface area contributed by atoms with Gasteiger partial charge in [0.05, 0.1) is 11.1 Å². The fourth-order valence-corrected chi connectivity index (χ4v) is 3.13. The van der Waals surface area contributed by atoms with Crippen LogP contribution in [-0.2, 0) is 0 Å². The zero-order chi connectivity index (χ0) is 16.2. The molecule has 0 saturated carbocycles. The van der Waals surface area contributed by atoms with Gasteiger partial charge in [-0.05, 0) is 50.6 Å². The number of hydrogen-bond acceptors (Lipinski definition) is 3. The van der Waals surface area contributed by atoms with Crippen LogP contribution >= 0.6 is 0 Å². The molecule has 3 rings (SSSR count). The van der Waals surface area contributed by atoms with Crippen LogP contribution in [0.1, 0.15) is 36.5 Å². The first kappa shape index (κ1) is 15.9. The van der Waals surface area contributed by atoms with E-state index in [1.165, 1.54) is 31.4 Å². The first-order valence-electron chi connectivity index (χ1n) is 8.21. The van der Waals surface area contributed by atoms with Gasteiger partial charge in [-0.2, -0.15) is 0 Å². The lowest BCUT2D eigenvalue weighted by molar-refractivity contribution is 0.0938. The number of nitrogens with zero attached hydrogens (tertiary/aromatic N) is 2. The maximum atomic E-state index is 13.3. The van der Waals surface area contributed by atoms with Crippen molar-refractivity contribution < 1.29 is 9.18 Å². The summed E-state index contributed by atoms with van der Waals surface area (Å²) in [5.74, 6) is -0.482. The van der Waals surface area contributed by atoms with Crippen LogP contribution in [0.3, 0.4) is 0 Å². The molecule has 1 saturated heterocycles. The van der Waals surface area contributed by atoms with Gasteiger partial charge in [0.15, 0.2) is 0 Å². The fraction of sp³-hybridized carbons (Fsp3) is 0.444. The molecule has 1 unspecified atom stereocenters. The summed E-state index contributed by atoms with van der Waals surface area (Å²) in [6.45, 7) is 4.82. The highest BCUT2D eigenvalue weighted by Crippen LogP contribution is 2.16. The Labute approximate surface area is 135 Å². The number of carbonyl (C=O) groups is 1. The second-order valence-corrected chi connectivity index (χ2v) is 6.20. The van der Waals surface area contributed by atoms with E-state index in [1.807, 2.05) is 0 Å². The van der Waals surface area contributed by atoms with Crippen LogP contribution in [0.2, 0.25) is 0 Å². The average molecular weight is 315 g/mol. The summed E-state index contributed by atoms with van der Waals surface area (Å²) in [5.41, 5.74) is 1.15. The molecule has 0 aliphatic carbocycles. The Morgan fingerprint density at radius 1 is 1.39 bits per heavy atom. The quantitative estimate of drug-likeness (QED) is 0.943. The Hall–Kier alpha value is -2.01. The van der Waals surface area contributed by atoms with Crippen molar-refractivity contribution in [1.82, 2.24) is 15.2 Å². The normalized spacial score (nSPS) is 19.0. The minimum atomic E-state index is -0.323. The molecule has 2 aromatic rings. The number of hydrogen-bond donors (Lipinski definition) is 1. The van der Waals surface area contributed by atoms with Gasteiger partial charge in [0.1, 0.15) is 5.82 Å². The van der Waals surface area contributed by atoms with Crippen molar-refractivity contribution in [3.8, 4) is 0 Å². The number of benzene rings is 1. The molecule has 122 valence electrons. The highest BCUT2D eigenvalue weighted by atomic mass is 19.1. The molecule has 5 heteroatoms. The molecule has 4 nitrogen and oxygen atoms in total. The maximum absolute atomic E-state index is 13.3. The third-order valence-corrected chi connectivity index (χ3v) is 4.53. The van der Waals surface area contributed by atoms with Crippen molar-refractivity contribution >= 4 is 16.8 Å². The Balaban J connectivity index is 1.59. The summed E-state index contributed by atoms with van der Waals surface area (Å²) in [5, 5.41) is 3.57. The molecule has 1 aromatic heterocycles. The number of halogens is 1. The van der Waals surface area contributed by atoms with Gasteiger partial charge in [0.25, 0.3) is 5.91 Å². The Morgan fingerprint density at radius 3 is 3.09 bits per heavy atom. The summed E-state index contributed by atoms with van der Waals surface area (Å²) < 4.78 is 13.3. The van der Waals surface area contributed by atoms with Crippen molar-refractivity contribution in [2.75, 3.05) is 19.6 Å². The third kappa shape index (κ3) is 3.85. The van der Waals surface area contributed by atoms with Crippen molar-refractivity contribution in [3.63, 3.8) is 0 Å². The lowest BCUT2D eigenvalue weighted by Gasteiger charge is -2.33. The van der Waals surface area contributed by atoms with Gasteiger partial charge >= 0.3 is 0 Å². The number of likely N-dealkylation sites (tertiary alicyclic amines) is 1. The standard InChI is InChI=1S/C18H22FN3O/c1-13-4-2-3-8-22(13)9-7-20-18(23)15-10-14-11-16(19)5-6-17(14)21-12-15/h5-6,10-13H,2-4,7-9H2,1H3,(H,20,23).